The Morgan fingerprint density at radius 1 is 1.17 bits per heavy atom. The van der Waals surface area contributed by atoms with E-state index < -0.39 is 11.8 Å². The summed E-state index contributed by atoms with van der Waals surface area (Å²) < 4.78 is 11.4. The van der Waals surface area contributed by atoms with Gasteiger partial charge in [0.05, 0.1) is 24.2 Å². The molecule has 124 valence electrons. The Bertz CT molecular complexity index is 500. The largest absolute Gasteiger partial charge is 1.00 e. The van der Waals surface area contributed by atoms with Gasteiger partial charge >= 0.3 is 57.4 Å². The molecule has 1 aromatic rings. The fourth-order valence-corrected chi connectivity index (χ4v) is 3.33. The maximum atomic E-state index is 11.3. The molecule has 1 saturated carbocycles. The zero-order valence-electron chi connectivity index (χ0n) is 14.6. The number of Topliss-reactive ketones (excluding diaryl/α,β-unsaturated/α-hetero) is 1. The first-order chi connectivity index (χ1) is 10.7. The molecular formula is C16H23KO5S. The number of ether oxygens (including phenoxy) is 2. The van der Waals surface area contributed by atoms with Crippen molar-refractivity contribution in [3.05, 3.63) is 17.0 Å². The zero-order chi connectivity index (χ0) is 15.8. The van der Waals surface area contributed by atoms with Crippen molar-refractivity contribution in [3.63, 3.8) is 0 Å². The minimum Gasteiger partial charge on any atom is -1.00 e. The van der Waals surface area contributed by atoms with Crippen LogP contribution in [-0.2, 0) is 9.53 Å². The van der Waals surface area contributed by atoms with Gasteiger partial charge in [-0.2, -0.15) is 0 Å². The van der Waals surface area contributed by atoms with Crippen molar-refractivity contribution >= 4 is 23.1 Å². The third-order valence-electron chi connectivity index (χ3n) is 3.69. The van der Waals surface area contributed by atoms with Crippen molar-refractivity contribution in [2.45, 2.75) is 51.0 Å². The molecule has 0 atom stereocenters. The molecule has 0 unspecified atom stereocenters. The van der Waals surface area contributed by atoms with Gasteiger partial charge in [0.25, 0.3) is 5.78 Å². The number of carbonyl (C=O) groups is 2. The third-order valence-corrected chi connectivity index (χ3v) is 4.68. The first-order valence-corrected chi connectivity index (χ1v) is 8.60. The van der Waals surface area contributed by atoms with Crippen LogP contribution in [0.2, 0.25) is 0 Å². The Kier molecular flexibility index (Phi) is 10.9. The van der Waals surface area contributed by atoms with Gasteiger partial charge in [-0.1, -0.05) is 37.0 Å². The molecule has 0 bridgehead atoms. The van der Waals surface area contributed by atoms with E-state index in [1.54, 1.807) is 6.07 Å². The molecule has 23 heavy (non-hydrogen) atoms. The van der Waals surface area contributed by atoms with Crippen molar-refractivity contribution in [2.75, 3.05) is 13.2 Å². The van der Waals surface area contributed by atoms with Crippen molar-refractivity contribution in [1.29, 1.82) is 0 Å². The van der Waals surface area contributed by atoms with Gasteiger partial charge in [-0.3, -0.25) is 4.79 Å². The number of carbonyl (C=O) groups excluding carboxylic acids is 1. The number of aliphatic carboxylic acids is 1. The topological polar surface area (TPSA) is 72.8 Å². The van der Waals surface area contributed by atoms with Crippen LogP contribution in [0.15, 0.2) is 12.1 Å². The summed E-state index contributed by atoms with van der Waals surface area (Å²) in [6.45, 7) is 1.19. The van der Waals surface area contributed by atoms with Gasteiger partial charge in [0.15, 0.2) is 5.06 Å². The molecule has 5 nitrogen and oxygen atoms in total. The van der Waals surface area contributed by atoms with Crippen LogP contribution in [0.25, 0.3) is 0 Å². The molecule has 0 radical (unpaired) electrons. The van der Waals surface area contributed by atoms with Crippen LogP contribution >= 0.6 is 11.3 Å². The van der Waals surface area contributed by atoms with Gasteiger partial charge in [-0.25, -0.2) is 4.79 Å². The van der Waals surface area contributed by atoms with E-state index in [0.29, 0.717) is 24.4 Å². The van der Waals surface area contributed by atoms with E-state index >= 15 is 0 Å². The van der Waals surface area contributed by atoms with Gasteiger partial charge in [0, 0.05) is 6.42 Å². The summed E-state index contributed by atoms with van der Waals surface area (Å²) in [6.07, 6.45) is 8.66. The predicted molar refractivity (Wildman–Crippen MR) is 85.0 cm³/mol. The monoisotopic (exact) mass is 366 g/mol. The first kappa shape index (κ1) is 21.3. The number of carboxylic acids is 1. The van der Waals surface area contributed by atoms with E-state index in [1.807, 2.05) is 0 Å². The minimum atomic E-state index is -1.44. The van der Waals surface area contributed by atoms with Crippen LogP contribution in [0.4, 0.5) is 0 Å². The van der Waals surface area contributed by atoms with E-state index in [-0.39, 0.29) is 57.7 Å². The molecule has 2 rings (SSSR count). The van der Waals surface area contributed by atoms with E-state index in [4.69, 9.17) is 14.6 Å². The molecule has 1 N–H and O–H groups in total. The average molecular weight is 367 g/mol. The number of rotatable bonds is 8. The molecule has 1 fully saturated rings. The second-order valence-electron chi connectivity index (χ2n) is 5.44. The molecule has 0 aromatic carbocycles. The number of thiophene rings is 1. The molecule has 1 heterocycles. The quantitative estimate of drug-likeness (QED) is 0.240. The number of ketones is 1. The summed E-state index contributed by atoms with van der Waals surface area (Å²) in [7, 11) is 0. The predicted octanol–water partition coefficient (Wildman–Crippen LogP) is 0.640. The maximum Gasteiger partial charge on any atom is 1.00 e. The summed E-state index contributed by atoms with van der Waals surface area (Å²) in [6, 6.07) is 3.12. The van der Waals surface area contributed by atoms with E-state index in [9.17, 15) is 9.59 Å². The molecular weight excluding hydrogens is 343 g/mol. The standard InChI is InChI=1S/C16H22O5S.K.H/c17-15(16(18)19)13-8-9-14(22-13)21-11-5-10-20-12-6-3-1-2-4-7-12;;/h8-9,12H,1-7,10-11H2,(H,18,19);;/q;+1;-1. The van der Waals surface area contributed by atoms with Gasteiger partial charge in [0.2, 0.25) is 0 Å². The summed E-state index contributed by atoms with van der Waals surface area (Å²) in [5.74, 6) is -2.33. The normalized spacial score (nSPS) is 15.5. The molecule has 1 aliphatic carbocycles. The summed E-state index contributed by atoms with van der Waals surface area (Å²) in [5.41, 5.74) is 0. The van der Waals surface area contributed by atoms with Gasteiger partial charge in [-0.05, 0) is 25.0 Å². The second-order valence-corrected chi connectivity index (χ2v) is 6.49. The fourth-order valence-electron chi connectivity index (χ4n) is 2.52. The van der Waals surface area contributed by atoms with Crippen molar-refractivity contribution in [1.82, 2.24) is 0 Å². The Hall–Kier alpha value is 0.236. The Morgan fingerprint density at radius 3 is 2.52 bits per heavy atom. The van der Waals surface area contributed by atoms with Crippen molar-refractivity contribution in [2.24, 2.45) is 0 Å². The molecule has 7 heteroatoms. The van der Waals surface area contributed by atoms with E-state index in [2.05, 4.69) is 0 Å². The Morgan fingerprint density at radius 2 is 1.87 bits per heavy atom. The summed E-state index contributed by atoms with van der Waals surface area (Å²) in [4.78, 5) is 22.0. The van der Waals surface area contributed by atoms with Crippen LogP contribution in [0.3, 0.4) is 0 Å². The van der Waals surface area contributed by atoms with Gasteiger partial charge < -0.3 is 16.0 Å². The SMILES string of the molecule is O=C(O)C(=O)c1ccc(OCCCOC2CCCCCC2)s1.[H-].[K+]. The summed E-state index contributed by atoms with van der Waals surface area (Å²) in [5, 5.41) is 9.20. The van der Waals surface area contributed by atoms with Crippen LogP contribution in [0, 0.1) is 0 Å². The summed E-state index contributed by atoms with van der Waals surface area (Å²) >= 11 is 1.06. The van der Waals surface area contributed by atoms with Crippen molar-refractivity contribution < 1.29 is 77.0 Å². The number of hydrogen-bond acceptors (Lipinski definition) is 5. The Labute approximate surface area is 184 Å². The Balaban J connectivity index is 0.00000264. The fraction of sp³-hybridized carbons (Fsp3) is 0.625. The zero-order valence-corrected chi connectivity index (χ0v) is 17.5. The second kappa shape index (κ2) is 11.7. The first-order valence-electron chi connectivity index (χ1n) is 7.78. The molecule has 0 saturated heterocycles. The van der Waals surface area contributed by atoms with Crippen LogP contribution < -0.4 is 56.1 Å². The van der Waals surface area contributed by atoms with Crippen molar-refractivity contribution in [3.8, 4) is 5.06 Å². The molecule has 1 aromatic heterocycles. The third kappa shape index (κ3) is 7.77. The maximum absolute atomic E-state index is 11.3. The molecule has 0 amide bonds. The van der Waals surface area contributed by atoms with E-state index in [0.717, 1.165) is 30.6 Å². The number of hydrogen-bond donors (Lipinski definition) is 1. The number of carboxylic acid groups (broad SMARTS) is 1. The average Bonchev–Trinajstić information content (AvgIpc) is 2.81. The van der Waals surface area contributed by atoms with Crippen LogP contribution in [0.1, 0.15) is 56.0 Å². The minimum absolute atomic E-state index is 0. The molecule has 0 aliphatic heterocycles. The van der Waals surface area contributed by atoms with Gasteiger partial charge in [0.1, 0.15) is 0 Å². The van der Waals surface area contributed by atoms with Crippen LogP contribution in [0.5, 0.6) is 5.06 Å². The molecule has 0 spiro atoms. The molecule has 1 aliphatic rings. The van der Waals surface area contributed by atoms with E-state index in [1.165, 1.54) is 31.7 Å². The van der Waals surface area contributed by atoms with Gasteiger partial charge in [-0.15, -0.1) is 0 Å². The smallest absolute Gasteiger partial charge is 1.00 e. The van der Waals surface area contributed by atoms with Crippen LogP contribution in [-0.4, -0.2) is 36.2 Å².